The minimum absolute atomic E-state index is 0.764. The average molecular weight is 176 g/mol. The molecule has 2 rings (SSSR count). The van der Waals surface area contributed by atoms with E-state index in [9.17, 15) is 0 Å². The topological polar surface area (TPSA) is 0 Å². The van der Waals surface area contributed by atoms with Crippen molar-refractivity contribution in [3.63, 3.8) is 0 Å². The van der Waals surface area contributed by atoms with E-state index in [4.69, 9.17) is 0 Å². The Kier molecular flexibility index (Phi) is 2.57. The van der Waals surface area contributed by atoms with Crippen molar-refractivity contribution < 1.29 is 0 Å². The van der Waals surface area contributed by atoms with Crippen LogP contribution in [-0.4, -0.2) is 0 Å². The number of fused-ring (bicyclic) bond motifs is 1. The predicted octanol–water partition coefficient (Wildman–Crippen LogP) is 4.09. The van der Waals surface area contributed by atoms with Gasteiger partial charge < -0.3 is 0 Å². The maximum absolute atomic E-state index is 2.44. The smallest absolute Gasteiger partial charge is 0.00203 e. The Morgan fingerprint density at radius 2 is 2.15 bits per heavy atom. The lowest BCUT2D eigenvalue weighted by Crippen LogP contribution is -2.15. The summed E-state index contributed by atoms with van der Waals surface area (Å²) in [6.45, 7) is 4.68. The van der Waals surface area contributed by atoms with Crippen molar-refractivity contribution >= 4 is 0 Å². The minimum atomic E-state index is 0.764. The van der Waals surface area contributed by atoms with Gasteiger partial charge in [0.05, 0.1) is 0 Å². The first-order valence-electron chi connectivity index (χ1n) is 5.67. The lowest BCUT2D eigenvalue weighted by molar-refractivity contribution is 0.494. The molecule has 0 amide bonds. The predicted molar refractivity (Wildman–Crippen MR) is 57.6 cm³/mol. The highest BCUT2D eigenvalue weighted by Gasteiger charge is 2.23. The highest BCUT2D eigenvalue weighted by atomic mass is 14.3. The van der Waals surface area contributed by atoms with E-state index in [1.807, 2.05) is 0 Å². The van der Waals surface area contributed by atoms with Crippen LogP contribution < -0.4 is 0 Å². The molecule has 0 saturated heterocycles. The number of rotatable bonds is 1. The highest BCUT2D eigenvalue weighted by molar-refractivity contribution is 5.29. The lowest BCUT2D eigenvalue weighted by atomic mass is 9.75. The van der Waals surface area contributed by atoms with Crippen molar-refractivity contribution in [1.82, 2.24) is 0 Å². The molecule has 1 atom stereocenters. The van der Waals surface area contributed by atoms with Gasteiger partial charge in [0, 0.05) is 0 Å². The summed E-state index contributed by atoms with van der Waals surface area (Å²) in [7, 11) is 0. The Labute approximate surface area is 81.7 Å². The quantitative estimate of drug-likeness (QED) is 0.528. The molecule has 1 unspecified atom stereocenters. The van der Waals surface area contributed by atoms with Crippen molar-refractivity contribution in [1.29, 1.82) is 0 Å². The first kappa shape index (κ1) is 9.05. The molecule has 2 aliphatic rings. The van der Waals surface area contributed by atoms with Crippen LogP contribution in [0.5, 0.6) is 0 Å². The van der Waals surface area contributed by atoms with Gasteiger partial charge in [0.25, 0.3) is 0 Å². The Balaban J connectivity index is 2.25. The van der Waals surface area contributed by atoms with Gasteiger partial charge in [0.1, 0.15) is 0 Å². The van der Waals surface area contributed by atoms with Gasteiger partial charge >= 0.3 is 0 Å². The molecule has 0 aromatic heterocycles. The van der Waals surface area contributed by atoms with E-state index in [0.29, 0.717) is 0 Å². The summed E-state index contributed by atoms with van der Waals surface area (Å²) in [5, 5.41) is 0. The summed E-state index contributed by atoms with van der Waals surface area (Å²) >= 11 is 0. The van der Waals surface area contributed by atoms with Gasteiger partial charge in [-0.15, -0.1) is 0 Å². The minimum Gasteiger partial charge on any atom is -0.0839 e. The van der Waals surface area contributed by atoms with Crippen LogP contribution in [0.15, 0.2) is 23.3 Å². The summed E-state index contributed by atoms with van der Waals surface area (Å²) < 4.78 is 0. The summed E-state index contributed by atoms with van der Waals surface area (Å²) in [4.78, 5) is 0. The molecule has 72 valence electrons. The fourth-order valence-corrected chi connectivity index (χ4v) is 2.75. The molecular weight excluding hydrogens is 156 g/mol. The van der Waals surface area contributed by atoms with Crippen LogP contribution in [0.3, 0.4) is 0 Å². The standard InChI is InChI=1S/C13H20/c1-10(2)12-9-5-7-11-6-3-4-8-13(11)12/h5,7,10-11H,3-4,6,8-9H2,1-2H3. The third kappa shape index (κ3) is 1.72. The molecular formula is C13H20. The van der Waals surface area contributed by atoms with Crippen molar-refractivity contribution in [2.45, 2.75) is 46.0 Å². The molecule has 0 radical (unpaired) electrons. The van der Waals surface area contributed by atoms with Gasteiger partial charge in [0.2, 0.25) is 0 Å². The van der Waals surface area contributed by atoms with E-state index >= 15 is 0 Å². The van der Waals surface area contributed by atoms with Crippen LogP contribution >= 0.6 is 0 Å². The third-order valence-corrected chi connectivity index (χ3v) is 3.47. The van der Waals surface area contributed by atoms with E-state index < -0.39 is 0 Å². The Morgan fingerprint density at radius 1 is 1.31 bits per heavy atom. The van der Waals surface area contributed by atoms with Gasteiger partial charge in [0.15, 0.2) is 0 Å². The van der Waals surface area contributed by atoms with Crippen molar-refractivity contribution in [2.24, 2.45) is 11.8 Å². The molecule has 13 heavy (non-hydrogen) atoms. The van der Waals surface area contributed by atoms with Gasteiger partial charge in [-0.05, 0) is 37.5 Å². The van der Waals surface area contributed by atoms with Gasteiger partial charge in [-0.2, -0.15) is 0 Å². The number of allylic oxidation sites excluding steroid dienone is 4. The van der Waals surface area contributed by atoms with Crippen molar-refractivity contribution in [2.75, 3.05) is 0 Å². The summed E-state index contributed by atoms with van der Waals surface area (Å²) in [6, 6.07) is 0. The molecule has 0 bridgehead atoms. The fraction of sp³-hybridized carbons (Fsp3) is 0.692. The van der Waals surface area contributed by atoms with E-state index in [1.54, 1.807) is 11.1 Å². The van der Waals surface area contributed by atoms with Gasteiger partial charge in [-0.3, -0.25) is 0 Å². The van der Waals surface area contributed by atoms with E-state index in [0.717, 1.165) is 11.8 Å². The average Bonchev–Trinajstić information content (AvgIpc) is 2.17. The van der Waals surface area contributed by atoms with Crippen molar-refractivity contribution in [3.8, 4) is 0 Å². The molecule has 1 fully saturated rings. The van der Waals surface area contributed by atoms with Gasteiger partial charge in [-0.1, -0.05) is 43.6 Å². The second-order valence-electron chi connectivity index (χ2n) is 4.69. The maximum atomic E-state index is 2.44. The normalized spacial score (nSPS) is 28.1. The largest absolute Gasteiger partial charge is 0.0839 e. The summed E-state index contributed by atoms with van der Waals surface area (Å²) in [6.07, 6.45) is 11.7. The summed E-state index contributed by atoms with van der Waals surface area (Å²) in [5.41, 5.74) is 3.54. The van der Waals surface area contributed by atoms with Crippen LogP contribution in [0.2, 0.25) is 0 Å². The Morgan fingerprint density at radius 3 is 2.92 bits per heavy atom. The van der Waals surface area contributed by atoms with Crippen LogP contribution in [0.25, 0.3) is 0 Å². The molecule has 2 aliphatic carbocycles. The van der Waals surface area contributed by atoms with Crippen LogP contribution in [0, 0.1) is 11.8 Å². The maximum Gasteiger partial charge on any atom is -0.00203 e. The lowest BCUT2D eigenvalue weighted by Gasteiger charge is -2.30. The number of hydrogen-bond donors (Lipinski definition) is 0. The zero-order valence-corrected chi connectivity index (χ0v) is 8.84. The van der Waals surface area contributed by atoms with E-state index in [1.165, 1.54) is 32.1 Å². The molecule has 0 aromatic carbocycles. The molecule has 1 saturated carbocycles. The first-order chi connectivity index (χ1) is 6.29. The molecule has 0 nitrogen and oxygen atoms in total. The zero-order chi connectivity index (χ0) is 9.26. The second kappa shape index (κ2) is 3.69. The molecule has 0 N–H and O–H groups in total. The molecule has 0 heterocycles. The van der Waals surface area contributed by atoms with Crippen LogP contribution in [0.1, 0.15) is 46.0 Å². The van der Waals surface area contributed by atoms with Crippen LogP contribution in [-0.2, 0) is 0 Å². The summed E-state index contributed by atoms with van der Waals surface area (Å²) in [5.74, 6) is 1.58. The fourth-order valence-electron chi connectivity index (χ4n) is 2.75. The molecule has 0 aromatic rings. The van der Waals surface area contributed by atoms with Crippen molar-refractivity contribution in [3.05, 3.63) is 23.3 Å². The Bertz CT molecular complexity index is 243. The van der Waals surface area contributed by atoms with E-state index in [-0.39, 0.29) is 0 Å². The third-order valence-electron chi connectivity index (χ3n) is 3.47. The monoisotopic (exact) mass is 176 g/mol. The first-order valence-corrected chi connectivity index (χ1v) is 5.67. The molecule has 0 aliphatic heterocycles. The SMILES string of the molecule is CC(C)C1=C2CCCCC2C=CC1. The molecule has 0 spiro atoms. The number of hydrogen-bond acceptors (Lipinski definition) is 0. The Hall–Kier alpha value is -0.520. The second-order valence-corrected chi connectivity index (χ2v) is 4.69. The molecule has 0 heteroatoms. The van der Waals surface area contributed by atoms with Gasteiger partial charge in [-0.25, -0.2) is 0 Å². The highest BCUT2D eigenvalue weighted by Crippen LogP contribution is 2.38. The van der Waals surface area contributed by atoms with E-state index in [2.05, 4.69) is 26.0 Å². The zero-order valence-electron chi connectivity index (χ0n) is 8.84. The van der Waals surface area contributed by atoms with Crippen LogP contribution in [0.4, 0.5) is 0 Å².